The first kappa shape index (κ1) is 15.1. The lowest BCUT2D eigenvalue weighted by Crippen LogP contribution is -2.30. The van der Waals surface area contributed by atoms with Crippen LogP contribution in [0.1, 0.15) is 25.8 Å². The Bertz CT molecular complexity index is 555. The minimum Gasteiger partial charge on any atom is -0.497 e. The summed E-state index contributed by atoms with van der Waals surface area (Å²) in [6, 6.07) is 7.41. The van der Waals surface area contributed by atoms with Crippen molar-refractivity contribution in [2.45, 2.75) is 24.6 Å². The molecule has 6 heteroatoms. The van der Waals surface area contributed by atoms with Crippen molar-refractivity contribution in [2.24, 2.45) is 10.5 Å². The lowest BCUT2D eigenvalue weighted by atomic mass is 10.1. The standard InChI is InChI=1S/C14H16Cl2N2O2/c1-9(10-4-6-11(20-3)7-5-10)17-18-12(19)13(2)8-14(13,15)16/h4-7H,8H2,1-3H3,(H,18,19). The fourth-order valence-electron chi connectivity index (χ4n) is 1.80. The van der Waals surface area contributed by atoms with Crippen molar-refractivity contribution in [3.05, 3.63) is 29.8 Å². The third kappa shape index (κ3) is 2.76. The zero-order chi connectivity index (χ0) is 15.0. The summed E-state index contributed by atoms with van der Waals surface area (Å²) in [7, 11) is 1.61. The van der Waals surface area contributed by atoms with E-state index in [4.69, 9.17) is 27.9 Å². The van der Waals surface area contributed by atoms with Crippen LogP contribution in [-0.4, -0.2) is 23.1 Å². The molecule has 1 aliphatic carbocycles. The van der Waals surface area contributed by atoms with Crippen molar-refractivity contribution in [3.8, 4) is 5.75 Å². The van der Waals surface area contributed by atoms with Gasteiger partial charge in [-0.2, -0.15) is 5.10 Å². The summed E-state index contributed by atoms with van der Waals surface area (Å²) in [6.45, 7) is 3.53. The second-order valence-electron chi connectivity index (χ2n) is 5.08. The normalized spacial score (nSPS) is 24.1. The van der Waals surface area contributed by atoms with Crippen LogP contribution in [0.3, 0.4) is 0 Å². The Labute approximate surface area is 128 Å². The van der Waals surface area contributed by atoms with E-state index in [9.17, 15) is 4.79 Å². The highest BCUT2D eigenvalue weighted by Gasteiger charge is 2.68. The lowest BCUT2D eigenvalue weighted by molar-refractivity contribution is -0.125. The molecule has 20 heavy (non-hydrogen) atoms. The molecule has 0 aliphatic heterocycles. The Morgan fingerprint density at radius 2 is 1.90 bits per heavy atom. The van der Waals surface area contributed by atoms with Crippen LogP contribution in [0.5, 0.6) is 5.75 Å². The van der Waals surface area contributed by atoms with Gasteiger partial charge in [-0.05, 0) is 50.1 Å². The molecule has 0 heterocycles. The largest absolute Gasteiger partial charge is 0.497 e. The summed E-state index contributed by atoms with van der Waals surface area (Å²) in [5.74, 6) is 0.500. The Kier molecular flexibility index (Phi) is 3.98. The number of hydrazone groups is 1. The van der Waals surface area contributed by atoms with Gasteiger partial charge < -0.3 is 4.74 Å². The van der Waals surface area contributed by atoms with Gasteiger partial charge in [-0.1, -0.05) is 0 Å². The summed E-state index contributed by atoms with van der Waals surface area (Å²) in [6.07, 6.45) is 0.437. The van der Waals surface area contributed by atoms with Crippen molar-refractivity contribution in [1.29, 1.82) is 0 Å². The molecule has 4 nitrogen and oxygen atoms in total. The fourth-order valence-corrected chi connectivity index (χ4v) is 2.51. The SMILES string of the molecule is COc1ccc(C(C)=NNC(=O)C2(C)CC2(Cl)Cl)cc1. The third-order valence-corrected chi connectivity index (χ3v) is 4.69. The van der Waals surface area contributed by atoms with E-state index in [1.807, 2.05) is 31.2 Å². The maximum absolute atomic E-state index is 12.0. The molecule has 1 atom stereocenters. The van der Waals surface area contributed by atoms with Gasteiger partial charge in [-0.25, -0.2) is 5.43 Å². The first-order valence-corrected chi connectivity index (χ1v) is 6.93. The third-order valence-electron chi connectivity index (χ3n) is 3.59. The zero-order valence-electron chi connectivity index (χ0n) is 11.5. The predicted molar refractivity (Wildman–Crippen MR) is 80.5 cm³/mol. The highest BCUT2D eigenvalue weighted by molar-refractivity contribution is 6.53. The molecule has 1 fully saturated rings. The van der Waals surface area contributed by atoms with Gasteiger partial charge in [0.05, 0.1) is 18.2 Å². The van der Waals surface area contributed by atoms with E-state index in [-0.39, 0.29) is 5.91 Å². The Morgan fingerprint density at radius 3 is 2.35 bits per heavy atom. The van der Waals surface area contributed by atoms with Crippen LogP contribution in [0.2, 0.25) is 0 Å². The number of rotatable bonds is 4. The van der Waals surface area contributed by atoms with Gasteiger partial charge in [0.1, 0.15) is 10.1 Å². The molecule has 108 valence electrons. The monoisotopic (exact) mass is 314 g/mol. The molecule has 1 unspecified atom stereocenters. The zero-order valence-corrected chi connectivity index (χ0v) is 13.0. The number of amides is 1. The van der Waals surface area contributed by atoms with Crippen LogP contribution in [0.4, 0.5) is 0 Å². The Hall–Kier alpha value is -1.26. The summed E-state index contributed by atoms with van der Waals surface area (Å²) >= 11 is 11.9. The van der Waals surface area contributed by atoms with E-state index < -0.39 is 9.75 Å². The quantitative estimate of drug-likeness (QED) is 0.527. The molecular weight excluding hydrogens is 299 g/mol. The van der Waals surface area contributed by atoms with Crippen molar-refractivity contribution >= 4 is 34.8 Å². The minimum atomic E-state index is -0.985. The van der Waals surface area contributed by atoms with Gasteiger partial charge in [0.25, 0.3) is 0 Å². The number of halogens is 2. The number of ether oxygens (including phenoxy) is 1. The maximum atomic E-state index is 12.0. The number of hydrogen-bond acceptors (Lipinski definition) is 3. The molecule has 1 saturated carbocycles. The first-order valence-electron chi connectivity index (χ1n) is 6.17. The maximum Gasteiger partial charge on any atom is 0.249 e. The molecule has 0 spiro atoms. The van der Waals surface area contributed by atoms with Crippen molar-refractivity contribution in [1.82, 2.24) is 5.43 Å². The van der Waals surface area contributed by atoms with Crippen molar-refractivity contribution in [3.63, 3.8) is 0 Å². The molecule has 0 saturated heterocycles. The van der Waals surface area contributed by atoms with Gasteiger partial charge in [0, 0.05) is 0 Å². The summed E-state index contributed by atoms with van der Waals surface area (Å²) in [5.41, 5.74) is 3.35. The molecule has 0 aromatic heterocycles. The van der Waals surface area contributed by atoms with Crippen LogP contribution >= 0.6 is 23.2 Å². The van der Waals surface area contributed by atoms with Crippen LogP contribution in [0.25, 0.3) is 0 Å². The molecule has 1 amide bonds. The second kappa shape index (κ2) is 5.26. The molecule has 1 N–H and O–H groups in total. The summed E-state index contributed by atoms with van der Waals surface area (Å²) < 4.78 is 4.10. The van der Waals surface area contributed by atoms with E-state index in [2.05, 4.69) is 10.5 Å². The van der Waals surface area contributed by atoms with Gasteiger partial charge in [-0.15, -0.1) is 23.2 Å². The molecule has 2 rings (SSSR count). The number of benzene rings is 1. The Morgan fingerprint density at radius 1 is 1.35 bits per heavy atom. The lowest BCUT2D eigenvalue weighted by Gasteiger charge is -2.10. The molecule has 0 radical (unpaired) electrons. The average Bonchev–Trinajstić information content (AvgIpc) is 2.96. The van der Waals surface area contributed by atoms with Crippen molar-refractivity contribution in [2.75, 3.05) is 7.11 Å². The summed E-state index contributed by atoms with van der Waals surface area (Å²) in [5, 5.41) is 4.08. The molecule has 1 aromatic rings. The van der Waals surface area contributed by atoms with Crippen LogP contribution in [-0.2, 0) is 4.79 Å². The fraction of sp³-hybridized carbons (Fsp3) is 0.429. The highest BCUT2D eigenvalue weighted by atomic mass is 35.5. The first-order chi connectivity index (χ1) is 9.30. The number of carbonyl (C=O) groups excluding carboxylic acids is 1. The van der Waals surface area contributed by atoms with Gasteiger partial charge in [-0.3, -0.25) is 4.79 Å². The van der Waals surface area contributed by atoms with Crippen LogP contribution in [0, 0.1) is 5.41 Å². The number of nitrogens with zero attached hydrogens (tertiary/aromatic N) is 1. The van der Waals surface area contributed by atoms with E-state index in [0.29, 0.717) is 12.1 Å². The number of carbonyl (C=O) groups is 1. The molecule has 1 aliphatic rings. The Balaban J connectivity index is 2.02. The van der Waals surface area contributed by atoms with E-state index in [1.165, 1.54) is 0 Å². The summed E-state index contributed by atoms with van der Waals surface area (Å²) in [4.78, 5) is 12.0. The number of nitrogens with one attached hydrogen (secondary N) is 1. The minimum absolute atomic E-state index is 0.268. The number of alkyl halides is 2. The highest BCUT2D eigenvalue weighted by Crippen LogP contribution is 2.63. The topological polar surface area (TPSA) is 50.7 Å². The van der Waals surface area contributed by atoms with Crippen LogP contribution < -0.4 is 10.2 Å². The smallest absolute Gasteiger partial charge is 0.249 e. The molecule has 0 bridgehead atoms. The van der Waals surface area contributed by atoms with Gasteiger partial charge in [0.15, 0.2) is 0 Å². The van der Waals surface area contributed by atoms with E-state index in [1.54, 1.807) is 14.0 Å². The van der Waals surface area contributed by atoms with E-state index in [0.717, 1.165) is 11.3 Å². The molecule has 1 aromatic carbocycles. The number of methoxy groups -OCH3 is 1. The van der Waals surface area contributed by atoms with Gasteiger partial charge >= 0.3 is 0 Å². The predicted octanol–water partition coefficient (Wildman–Crippen LogP) is 3.12. The molecular formula is C14H16Cl2N2O2. The van der Waals surface area contributed by atoms with Gasteiger partial charge in [0.2, 0.25) is 5.91 Å². The second-order valence-corrected chi connectivity index (χ2v) is 6.56. The number of hydrogen-bond donors (Lipinski definition) is 1. The average molecular weight is 315 g/mol. The van der Waals surface area contributed by atoms with Crippen LogP contribution in [0.15, 0.2) is 29.4 Å². The van der Waals surface area contributed by atoms with Crippen molar-refractivity contribution < 1.29 is 9.53 Å². The van der Waals surface area contributed by atoms with E-state index >= 15 is 0 Å².